The number of aromatic nitrogens is 2. The minimum Gasteiger partial charge on any atom is -0.366 e. The number of rotatable bonds is 6. The number of nitrogens with zero attached hydrogens (tertiary/aromatic N) is 1. The maximum absolute atomic E-state index is 10.9. The lowest BCUT2D eigenvalue weighted by molar-refractivity contribution is -0.113. The normalized spacial score (nSPS) is 11.7. The van der Waals surface area contributed by atoms with E-state index in [4.69, 9.17) is 15.9 Å². The molecule has 1 amide bonds. The van der Waals surface area contributed by atoms with Gasteiger partial charge >= 0.3 is 0 Å². The van der Waals surface area contributed by atoms with Crippen molar-refractivity contribution in [2.24, 2.45) is 5.73 Å². The van der Waals surface area contributed by atoms with Gasteiger partial charge in [0.2, 0.25) is 5.91 Å². The maximum atomic E-state index is 10.9. The fourth-order valence-corrected chi connectivity index (χ4v) is 2.80. The maximum Gasteiger partial charge on any atom is 0.241 e. The molecule has 142 valence electrons. The Kier molecular flexibility index (Phi) is 5.84. The van der Waals surface area contributed by atoms with Gasteiger partial charge in [-0.3, -0.25) is 4.79 Å². The number of imidazole rings is 1. The first-order valence-corrected chi connectivity index (χ1v) is 8.72. The molecule has 0 saturated heterocycles. The molecule has 3 aromatic rings. The van der Waals surface area contributed by atoms with E-state index in [0.29, 0.717) is 0 Å². The fourth-order valence-electron chi connectivity index (χ4n) is 2.80. The molecule has 5 N–H and O–H groups in total. The summed E-state index contributed by atoms with van der Waals surface area (Å²) in [5.41, 5.74) is 10.5. The number of hydrogen-bond donors (Lipinski definition) is 4. The van der Waals surface area contributed by atoms with Crippen molar-refractivity contribution in [2.45, 2.75) is 13.2 Å². The number of aryl methyl sites for hydroxylation is 1. The number of aliphatic hydroxyl groups excluding tert-OH is 1. The van der Waals surface area contributed by atoms with Crippen LogP contribution in [0.25, 0.3) is 34.7 Å². The van der Waals surface area contributed by atoms with Crippen LogP contribution in [0.15, 0.2) is 60.7 Å². The van der Waals surface area contributed by atoms with Crippen LogP contribution in [0.3, 0.4) is 0 Å². The number of carbonyl (C=O) groups excluding carboxylic acids is 1. The van der Waals surface area contributed by atoms with Gasteiger partial charge in [-0.15, -0.1) is 0 Å². The highest BCUT2D eigenvalue weighted by molar-refractivity contribution is 5.90. The van der Waals surface area contributed by atoms with Gasteiger partial charge in [-0.2, -0.15) is 0 Å². The lowest BCUT2D eigenvalue weighted by Crippen LogP contribution is -2.04. The molecule has 28 heavy (non-hydrogen) atoms. The van der Waals surface area contributed by atoms with Crippen molar-refractivity contribution in [2.75, 3.05) is 0 Å². The third kappa shape index (κ3) is 4.82. The summed E-state index contributed by atoms with van der Waals surface area (Å²) >= 11 is 0. The summed E-state index contributed by atoms with van der Waals surface area (Å²) in [5, 5.41) is 17.8. The van der Waals surface area contributed by atoms with Gasteiger partial charge in [0.1, 0.15) is 5.82 Å². The van der Waals surface area contributed by atoms with Crippen LogP contribution in [0.5, 0.6) is 0 Å². The molecule has 1 heterocycles. The van der Waals surface area contributed by atoms with Gasteiger partial charge in [-0.25, -0.2) is 4.98 Å². The molecule has 3 rings (SSSR count). The standard InChI is InChI=1S/C22H21N3O3/c1-14-24-21(17-8-2-15(3-9-17)6-12-19(23)26)22(25-14)18-10-4-16(5-11-18)7-13-20(27)28/h2-13,20,27-28H,1H3,(H2,23,26)(H,24,25)/b12-6+,13-7+. The molecule has 0 bridgehead atoms. The fraction of sp³-hybridized carbons (Fsp3) is 0.0909. The molecule has 2 aromatic carbocycles. The van der Waals surface area contributed by atoms with Crippen molar-refractivity contribution >= 4 is 18.1 Å². The molecule has 0 aliphatic heterocycles. The summed E-state index contributed by atoms with van der Waals surface area (Å²) in [4.78, 5) is 18.8. The molecule has 0 saturated carbocycles. The van der Waals surface area contributed by atoms with E-state index in [2.05, 4.69) is 9.97 Å². The van der Waals surface area contributed by atoms with E-state index >= 15 is 0 Å². The third-order valence-electron chi connectivity index (χ3n) is 4.11. The van der Waals surface area contributed by atoms with Crippen molar-refractivity contribution in [3.05, 3.63) is 77.6 Å². The number of aromatic amines is 1. The van der Waals surface area contributed by atoms with Crippen LogP contribution < -0.4 is 5.73 Å². The summed E-state index contributed by atoms with van der Waals surface area (Å²) < 4.78 is 0. The summed E-state index contributed by atoms with van der Waals surface area (Å²) in [5.74, 6) is 0.316. The molecule has 0 spiro atoms. The van der Waals surface area contributed by atoms with Crippen LogP contribution in [0, 0.1) is 6.92 Å². The molecule has 0 aliphatic rings. The van der Waals surface area contributed by atoms with Gasteiger partial charge in [-0.05, 0) is 30.2 Å². The number of amides is 1. The van der Waals surface area contributed by atoms with Crippen LogP contribution in [-0.4, -0.2) is 32.4 Å². The van der Waals surface area contributed by atoms with E-state index in [9.17, 15) is 4.79 Å². The molecule has 6 nitrogen and oxygen atoms in total. The zero-order valence-electron chi connectivity index (χ0n) is 15.3. The highest BCUT2D eigenvalue weighted by atomic mass is 16.5. The van der Waals surface area contributed by atoms with Gasteiger partial charge in [0.05, 0.1) is 11.4 Å². The number of nitrogens with one attached hydrogen (secondary N) is 1. The van der Waals surface area contributed by atoms with Crippen LogP contribution in [0.4, 0.5) is 0 Å². The van der Waals surface area contributed by atoms with E-state index in [1.165, 1.54) is 12.2 Å². The topological polar surface area (TPSA) is 112 Å². The van der Waals surface area contributed by atoms with E-state index in [1.54, 1.807) is 12.2 Å². The first kappa shape index (κ1) is 19.3. The van der Waals surface area contributed by atoms with Gasteiger partial charge in [0, 0.05) is 17.2 Å². The predicted octanol–water partition coefficient (Wildman–Crippen LogP) is 2.87. The van der Waals surface area contributed by atoms with E-state index in [1.807, 2.05) is 55.5 Å². The van der Waals surface area contributed by atoms with Crippen LogP contribution >= 0.6 is 0 Å². The Bertz CT molecular complexity index is 1010. The highest BCUT2D eigenvalue weighted by Gasteiger charge is 2.12. The first-order valence-electron chi connectivity index (χ1n) is 8.72. The minimum absolute atomic E-state index is 0.485. The Morgan fingerprint density at radius 2 is 1.57 bits per heavy atom. The van der Waals surface area contributed by atoms with E-state index in [0.717, 1.165) is 39.5 Å². The van der Waals surface area contributed by atoms with Crippen LogP contribution in [-0.2, 0) is 4.79 Å². The number of primary amides is 1. The van der Waals surface area contributed by atoms with Crippen molar-refractivity contribution < 1.29 is 15.0 Å². The Balaban J connectivity index is 1.90. The summed E-state index contributed by atoms with van der Waals surface area (Å²) in [6.07, 6.45) is 4.46. The molecule has 0 fully saturated rings. The first-order chi connectivity index (χ1) is 13.4. The zero-order valence-corrected chi connectivity index (χ0v) is 15.3. The Morgan fingerprint density at radius 1 is 1.00 bits per heavy atom. The van der Waals surface area contributed by atoms with E-state index < -0.39 is 12.2 Å². The number of nitrogens with two attached hydrogens (primary N) is 1. The monoisotopic (exact) mass is 375 g/mol. The van der Waals surface area contributed by atoms with Crippen molar-refractivity contribution in [3.63, 3.8) is 0 Å². The second kappa shape index (κ2) is 8.47. The van der Waals surface area contributed by atoms with E-state index in [-0.39, 0.29) is 0 Å². The molecular formula is C22H21N3O3. The quantitative estimate of drug-likeness (QED) is 0.392. The molecule has 0 radical (unpaired) electrons. The molecule has 0 aliphatic carbocycles. The number of hydrogen-bond acceptors (Lipinski definition) is 4. The van der Waals surface area contributed by atoms with Gasteiger partial charge in [0.25, 0.3) is 0 Å². The molecule has 1 aromatic heterocycles. The summed E-state index contributed by atoms with van der Waals surface area (Å²) in [7, 11) is 0. The largest absolute Gasteiger partial charge is 0.366 e. The van der Waals surface area contributed by atoms with Gasteiger partial charge in [-0.1, -0.05) is 54.6 Å². The lowest BCUT2D eigenvalue weighted by atomic mass is 10.0. The Hall–Kier alpha value is -3.48. The number of benzene rings is 2. The smallest absolute Gasteiger partial charge is 0.241 e. The van der Waals surface area contributed by atoms with Gasteiger partial charge in [0.15, 0.2) is 6.29 Å². The molecule has 6 heteroatoms. The van der Waals surface area contributed by atoms with Crippen LogP contribution in [0.1, 0.15) is 17.0 Å². The van der Waals surface area contributed by atoms with Gasteiger partial charge < -0.3 is 20.9 Å². The predicted molar refractivity (Wildman–Crippen MR) is 110 cm³/mol. The summed E-state index contributed by atoms with van der Waals surface area (Å²) in [6, 6.07) is 15.4. The van der Waals surface area contributed by atoms with Crippen molar-refractivity contribution in [1.29, 1.82) is 0 Å². The Morgan fingerprint density at radius 3 is 2.14 bits per heavy atom. The van der Waals surface area contributed by atoms with Crippen molar-refractivity contribution in [3.8, 4) is 22.5 Å². The molecule has 0 unspecified atom stereocenters. The average molecular weight is 375 g/mol. The Labute approximate surface area is 162 Å². The highest BCUT2D eigenvalue weighted by Crippen LogP contribution is 2.30. The third-order valence-corrected chi connectivity index (χ3v) is 4.11. The number of carbonyl (C=O) groups is 1. The lowest BCUT2D eigenvalue weighted by Gasteiger charge is -2.05. The molecule has 0 atom stereocenters. The average Bonchev–Trinajstić information content (AvgIpc) is 3.07. The second-order valence-corrected chi connectivity index (χ2v) is 6.30. The summed E-state index contributed by atoms with van der Waals surface area (Å²) in [6.45, 7) is 1.90. The number of aliphatic hydroxyl groups is 2. The number of H-pyrrole nitrogens is 1. The molecular weight excluding hydrogens is 354 g/mol. The zero-order chi connectivity index (χ0) is 20.1. The van der Waals surface area contributed by atoms with Crippen molar-refractivity contribution in [1.82, 2.24) is 9.97 Å². The van der Waals surface area contributed by atoms with Crippen LogP contribution in [0.2, 0.25) is 0 Å². The second-order valence-electron chi connectivity index (χ2n) is 6.30. The SMILES string of the molecule is Cc1nc(-c2ccc(/C=C/C(N)=O)cc2)c(-c2ccc(/C=C/C(O)O)cc2)[nH]1. The minimum atomic E-state index is -1.47.